The number of nitriles is 1. The molecule has 1 amide bonds. The lowest BCUT2D eigenvalue weighted by molar-refractivity contribution is -0.112. The van der Waals surface area contributed by atoms with E-state index in [0.29, 0.717) is 18.0 Å². The minimum Gasteiger partial charge on any atom is -0.494 e. The molecule has 0 radical (unpaired) electrons. The molecule has 1 N–H and O–H groups in total. The summed E-state index contributed by atoms with van der Waals surface area (Å²) in [6.07, 6.45) is 1.66. The topological polar surface area (TPSA) is 67.0 Å². The number of benzene rings is 4. The van der Waals surface area contributed by atoms with Gasteiger partial charge in [-0.25, -0.2) is 0 Å². The number of ether oxygens (including phenoxy) is 1. The van der Waals surface area contributed by atoms with Crippen molar-refractivity contribution in [2.45, 2.75) is 6.92 Å². The summed E-state index contributed by atoms with van der Waals surface area (Å²) in [5, 5.41) is 12.9. The average molecular weight is 589 g/mol. The predicted molar refractivity (Wildman–Crippen MR) is 164 cm³/mol. The third-order valence-electron chi connectivity index (χ3n) is 6.30. The van der Waals surface area contributed by atoms with Gasteiger partial charge in [-0.1, -0.05) is 82.7 Å². The smallest absolute Gasteiger partial charge is 0.266 e. The average Bonchev–Trinajstić information content (AvgIpc) is 3.36. The number of carbonyl (C=O) groups excluding carboxylic acids is 1. The molecule has 1 aromatic heterocycles. The van der Waals surface area contributed by atoms with Gasteiger partial charge in [-0.05, 0) is 66.6 Å². The lowest BCUT2D eigenvalue weighted by Crippen LogP contribution is -2.13. The van der Waals surface area contributed by atoms with Crippen LogP contribution >= 0.6 is 15.9 Å². The van der Waals surface area contributed by atoms with Crippen LogP contribution in [0.4, 0.5) is 5.69 Å². The molecule has 0 saturated heterocycles. The number of nitrogens with zero attached hydrogens (tertiary/aromatic N) is 2. The second kappa shape index (κ2) is 12.3. The SMILES string of the molecule is CCOc1cccc(NC(=O)C(C#N)=Cc2cc(-c3ccccc3)n(-c3ccc(Br)cc3)c2-c2ccccc2)c1. The Morgan fingerprint density at radius 1 is 0.900 bits per heavy atom. The van der Waals surface area contributed by atoms with E-state index in [9.17, 15) is 10.1 Å². The Balaban J connectivity index is 1.67. The van der Waals surface area contributed by atoms with Crippen LogP contribution in [0.5, 0.6) is 5.75 Å². The molecule has 196 valence electrons. The summed E-state index contributed by atoms with van der Waals surface area (Å²) in [7, 11) is 0. The first-order chi connectivity index (χ1) is 19.6. The van der Waals surface area contributed by atoms with Gasteiger partial charge in [0.2, 0.25) is 0 Å². The Morgan fingerprint density at radius 2 is 1.57 bits per heavy atom. The van der Waals surface area contributed by atoms with E-state index in [2.05, 4.69) is 44.0 Å². The highest BCUT2D eigenvalue weighted by molar-refractivity contribution is 9.10. The third-order valence-corrected chi connectivity index (χ3v) is 6.83. The molecule has 1 heterocycles. The van der Waals surface area contributed by atoms with Crippen molar-refractivity contribution < 1.29 is 9.53 Å². The fourth-order valence-electron chi connectivity index (χ4n) is 4.54. The summed E-state index contributed by atoms with van der Waals surface area (Å²) in [6, 6.07) is 39.4. The maximum atomic E-state index is 13.3. The second-order valence-electron chi connectivity index (χ2n) is 8.96. The van der Waals surface area contributed by atoms with Crippen molar-refractivity contribution in [1.82, 2.24) is 4.57 Å². The zero-order valence-electron chi connectivity index (χ0n) is 21.8. The zero-order chi connectivity index (χ0) is 27.9. The highest BCUT2D eigenvalue weighted by Gasteiger charge is 2.20. The lowest BCUT2D eigenvalue weighted by atomic mass is 10.0. The molecule has 0 aliphatic rings. The van der Waals surface area contributed by atoms with E-state index in [1.165, 1.54) is 0 Å². The van der Waals surface area contributed by atoms with Crippen molar-refractivity contribution >= 4 is 33.6 Å². The van der Waals surface area contributed by atoms with Gasteiger partial charge in [0.1, 0.15) is 17.4 Å². The van der Waals surface area contributed by atoms with E-state index in [0.717, 1.165) is 38.2 Å². The highest BCUT2D eigenvalue weighted by Crippen LogP contribution is 2.37. The number of hydrogen-bond acceptors (Lipinski definition) is 3. The predicted octanol–water partition coefficient (Wildman–Crippen LogP) is 8.52. The van der Waals surface area contributed by atoms with E-state index in [1.54, 1.807) is 24.3 Å². The number of nitrogens with one attached hydrogen (secondary N) is 1. The minimum absolute atomic E-state index is 0.00781. The first-order valence-corrected chi connectivity index (χ1v) is 13.6. The molecule has 6 heteroatoms. The van der Waals surface area contributed by atoms with Crippen molar-refractivity contribution in [3.8, 4) is 40.0 Å². The van der Waals surface area contributed by atoms with Gasteiger partial charge >= 0.3 is 0 Å². The van der Waals surface area contributed by atoms with Crippen LogP contribution in [0.15, 0.2) is 125 Å². The van der Waals surface area contributed by atoms with Crippen molar-refractivity contribution in [3.05, 3.63) is 131 Å². The maximum absolute atomic E-state index is 13.3. The number of anilines is 1. The summed E-state index contributed by atoms with van der Waals surface area (Å²) in [5.41, 5.74) is 6.04. The molecule has 0 bridgehead atoms. The molecule has 40 heavy (non-hydrogen) atoms. The number of rotatable bonds is 8. The van der Waals surface area contributed by atoms with Crippen molar-refractivity contribution in [3.63, 3.8) is 0 Å². The number of hydrogen-bond donors (Lipinski definition) is 1. The van der Waals surface area contributed by atoms with Gasteiger partial charge in [-0.15, -0.1) is 0 Å². The number of aromatic nitrogens is 1. The summed E-state index contributed by atoms with van der Waals surface area (Å²) in [5.74, 6) is 0.154. The molecule has 5 nitrogen and oxygen atoms in total. The zero-order valence-corrected chi connectivity index (χ0v) is 23.4. The molecule has 0 aliphatic heterocycles. The molecule has 0 aliphatic carbocycles. The van der Waals surface area contributed by atoms with Crippen molar-refractivity contribution in [2.24, 2.45) is 0 Å². The van der Waals surface area contributed by atoms with Crippen LogP contribution in [-0.4, -0.2) is 17.1 Å². The van der Waals surface area contributed by atoms with Crippen molar-refractivity contribution in [2.75, 3.05) is 11.9 Å². The Bertz CT molecular complexity index is 1700. The molecule has 4 aromatic carbocycles. The molecule has 0 atom stereocenters. The summed E-state index contributed by atoms with van der Waals surface area (Å²) >= 11 is 3.54. The van der Waals surface area contributed by atoms with Gasteiger partial charge in [0.25, 0.3) is 5.91 Å². The molecule has 0 fully saturated rings. The summed E-state index contributed by atoms with van der Waals surface area (Å²) in [4.78, 5) is 13.3. The Morgan fingerprint density at radius 3 is 2.23 bits per heavy atom. The largest absolute Gasteiger partial charge is 0.494 e. The van der Waals surface area contributed by atoms with E-state index in [1.807, 2.05) is 91.9 Å². The molecule has 0 saturated carbocycles. The van der Waals surface area contributed by atoms with Crippen LogP contribution in [0.2, 0.25) is 0 Å². The van der Waals surface area contributed by atoms with E-state index < -0.39 is 5.91 Å². The molecular weight excluding hydrogens is 562 g/mol. The van der Waals surface area contributed by atoms with Gasteiger partial charge in [0.05, 0.1) is 18.0 Å². The van der Waals surface area contributed by atoms with Crippen LogP contribution in [0.25, 0.3) is 34.3 Å². The van der Waals surface area contributed by atoms with E-state index >= 15 is 0 Å². The lowest BCUT2D eigenvalue weighted by Gasteiger charge is -2.15. The fourth-order valence-corrected chi connectivity index (χ4v) is 4.81. The molecule has 0 spiro atoms. The van der Waals surface area contributed by atoms with Crippen LogP contribution in [0, 0.1) is 11.3 Å². The molecule has 5 rings (SSSR count). The van der Waals surface area contributed by atoms with Crippen molar-refractivity contribution in [1.29, 1.82) is 5.26 Å². The number of halogens is 1. The number of carbonyl (C=O) groups is 1. The Hall–Kier alpha value is -4.86. The van der Waals surface area contributed by atoms with Gasteiger partial charge < -0.3 is 14.6 Å². The summed E-state index contributed by atoms with van der Waals surface area (Å²) < 4.78 is 8.69. The number of amides is 1. The Kier molecular flexibility index (Phi) is 8.24. The van der Waals surface area contributed by atoms with Crippen LogP contribution in [0.3, 0.4) is 0 Å². The van der Waals surface area contributed by atoms with Crippen LogP contribution in [0.1, 0.15) is 12.5 Å². The van der Waals surface area contributed by atoms with Crippen LogP contribution < -0.4 is 10.1 Å². The minimum atomic E-state index is -0.493. The van der Waals surface area contributed by atoms with E-state index in [4.69, 9.17) is 4.74 Å². The normalized spacial score (nSPS) is 11.1. The van der Waals surface area contributed by atoms with E-state index in [-0.39, 0.29) is 5.57 Å². The van der Waals surface area contributed by atoms with Crippen LogP contribution in [-0.2, 0) is 4.79 Å². The third kappa shape index (κ3) is 5.90. The quantitative estimate of drug-likeness (QED) is 0.146. The molecule has 0 unspecified atom stereocenters. The first kappa shape index (κ1) is 26.7. The monoisotopic (exact) mass is 587 g/mol. The molecule has 5 aromatic rings. The summed E-state index contributed by atoms with van der Waals surface area (Å²) in [6.45, 7) is 2.42. The van der Waals surface area contributed by atoms with Gasteiger partial charge in [-0.2, -0.15) is 5.26 Å². The molecular formula is C34H26BrN3O2. The second-order valence-corrected chi connectivity index (χ2v) is 9.88. The van der Waals surface area contributed by atoms with Gasteiger partial charge in [0.15, 0.2) is 0 Å². The van der Waals surface area contributed by atoms with Gasteiger partial charge in [-0.3, -0.25) is 4.79 Å². The van der Waals surface area contributed by atoms with Gasteiger partial charge in [0, 0.05) is 27.5 Å². The first-order valence-electron chi connectivity index (χ1n) is 12.9. The fraction of sp³-hybridized carbons (Fsp3) is 0.0588. The Labute approximate surface area is 242 Å². The maximum Gasteiger partial charge on any atom is 0.266 e. The standard InChI is InChI=1S/C34H26BrN3O2/c1-2-40-31-15-9-14-29(22-31)37-34(39)27(23-36)20-26-21-32(24-10-5-3-6-11-24)38(30-18-16-28(35)17-19-30)33(26)25-12-7-4-8-13-25/h3-22H,2H2,1H3,(H,37,39). The highest BCUT2D eigenvalue weighted by atomic mass is 79.9.